The molecule has 0 bridgehead atoms. The van der Waals surface area contributed by atoms with Gasteiger partial charge in [-0.1, -0.05) is 24.3 Å². The zero-order valence-corrected chi connectivity index (χ0v) is 12.3. The molecule has 0 saturated carbocycles. The number of nitrogen functional groups attached to an aromatic ring is 1. The second-order valence-corrected chi connectivity index (χ2v) is 5.16. The first kappa shape index (κ1) is 13.3. The Morgan fingerprint density at radius 3 is 2.52 bits per heavy atom. The summed E-state index contributed by atoms with van der Waals surface area (Å²) in [5, 5.41) is 15.5. The van der Waals surface area contributed by atoms with Gasteiger partial charge in [-0.3, -0.25) is 5.10 Å². The van der Waals surface area contributed by atoms with Crippen LogP contribution >= 0.6 is 0 Å². The molecule has 0 unspecified atom stereocenters. The average molecular weight is 279 g/mol. The minimum absolute atomic E-state index is 0.494. The maximum atomic E-state index is 6.09. The van der Waals surface area contributed by atoms with Gasteiger partial charge in [0.1, 0.15) is 0 Å². The average Bonchev–Trinajstić information content (AvgIpc) is 2.84. The van der Waals surface area contributed by atoms with Crippen molar-refractivity contribution in [3.05, 3.63) is 47.3 Å². The largest absolute Gasteiger partial charge is 0.382 e. The molecule has 0 aliphatic carbocycles. The van der Waals surface area contributed by atoms with Gasteiger partial charge < -0.3 is 5.73 Å². The van der Waals surface area contributed by atoms with E-state index in [0.717, 1.165) is 39.3 Å². The van der Waals surface area contributed by atoms with Crippen molar-refractivity contribution in [3.8, 4) is 22.4 Å². The van der Waals surface area contributed by atoms with Crippen LogP contribution in [0.2, 0.25) is 0 Å². The number of benzene rings is 1. The fraction of sp³-hybridized carbons (Fsp3) is 0.188. The molecule has 5 heteroatoms. The molecule has 0 saturated heterocycles. The van der Waals surface area contributed by atoms with E-state index in [1.165, 1.54) is 0 Å². The van der Waals surface area contributed by atoms with Crippen molar-refractivity contribution in [3.63, 3.8) is 0 Å². The molecule has 0 amide bonds. The molecule has 1 aromatic carbocycles. The third-order valence-electron chi connectivity index (χ3n) is 3.58. The molecular formula is C16H17N5. The first-order valence-electron chi connectivity index (χ1n) is 6.79. The summed E-state index contributed by atoms with van der Waals surface area (Å²) in [6.45, 7) is 5.91. The molecule has 0 spiro atoms. The van der Waals surface area contributed by atoms with Crippen LogP contribution in [-0.4, -0.2) is 20.4 Å². The van der Waals surface area contributed by atoms with Crippen molar-refractivity contribution >= 4 is 5.82 Å². The predicted octanol–water partition coefficient (Wildman–Crippen LogP) is 3.04. The SMILES string of the molecule is Cc1cc(-c2[nH]nc(N)c2-c2ccccc2C)c(C)nn1. The summed E-state index contributed by atoms with van der Waals surface area (Å²) in [5.41, 5.74) is 12.8. The number of rotatable bonds is 2. The second-order valence-electron chi connectivity index (χ2n) is 5.16. The summed E-state index contributed by atoms with van der Waals surface area (Å²) in [4.78, 5) is 0. The molecule has 106 valence electrons. The fourth-order valence-electron chi connectivity index (χ4n) is 2.48. The van der Waals surface area contributed by atoms with Gasteiger partial charge in [-0.15, -0.1) is 0 Å². The number of nitrogens with zero attached hydrogens (tertiary/aromatic N) is 3. The standard InChI is InChI=1S/C16H17N5/c1-9-6-4-5-7-12(9)14-15(20-21-16(14)17)13-8-10(2)18-19-11(13)3/h4-8H,1-3H3,(H3,17,20,21). The third-order valence-corrected chi connectivity index (χ3v) is 3.58. The van der Waals surface area contributed by atoms with Crippen LogP contribution in [0, 0.1) is 20.8 Å². The highest BCUT2D eigenvalue weighted by Crippen LogP contribution is 2.37. The van der Waals surface area contributed by atoms with Crippen LogP contribution in [0.15, 0.2) is 30.3 Å². The Morgan fingerprint density at radius 2 is 1.76 bits per heavy atom. The number of nitrogens with two attached hydrogens (primary N) is 1. The number of H-pyrrole nitrogens is 1. The van der Waals surface area contributed by atoms with Crippen LogP contribution < -0.4 is 5.73 Å². The van der Waals surface area contributed by atoms with E-state index in [9.17, 15) is 0 Å². The van der Waals surface area contributed by atoms with Gasteiger partial charge in [0.15, 0.2) is 5.82 Å². The van der Waals surface area contributed by atoms with Gasteiger partial charge in [0.2, 0.25) is 0 Å². The minimum atomic E-state index is 0.494. The summed E-state index contributed by atoms with van der Waals surface area (Å²) >= 11 is 0. The Hall–Kier alpha value is -2.69. The number of hydrogen-bond donors (Lipinski definition) is 2. The van der Waals surface area contributed by atoms with Crippen molar-refractivity contribution in [2.75, 3.05) is 5.73 Å². The van der Waals surface area contributed by atoms with E-state index < -0.39 is 0 Å². The van der Waals surface area contributed by atoms with Crippen molar-refractivity contribution < 1.29 is 0 Å². The highest BCUT2D eigenvalue weighted by molar-refractivity contribution is 5.89. The summed E-state index contributed by atoms with van der Waals surface area (Å²) in [6, 6.07) is 10.1. The molecule has 5 nitrogen and oxygen atoms in total. The highest BCUT2D eigenvalue weighted by Gasteiger charge is 2.18. The van der Waals surface area contributed by atoms with Crippen molar-refractivity contribution in [1.82, 2.24) is 20.4 Å². The summed E-state index contributed by atoms with van der Waals surface area (Å²) in [5.74, 6) is 0.494. The minimum Gasteiger partial charge on any atom is -0.382 e. The van der Waals surface area contributed by atoms with Gasteiger partial charge in [-0.25, -0.2) is 0 Å². The zero-order chi connectivity index (χ0) is 15.0. The van der Waals surface area contributed by atoms with Gasteiger partial charge in [0, 0.05) is 5.56 Å². The molecule has 2 aromatic heterocycles. The van der Waals surface area contributed by atoms with E-state index in [1.807, 2.05) is 32.0 Å². The molecule has 2 heterocycles. The predicted molar refractivity (Wildman–Crippen MR) is 83.7 cm³/mol. The Balaban J connectivity index is 2.27. The number of anilines is 1. The van der Waals surface area contributed by atoms with Crippen LogP contribution in [0.4, 0.5) is 5.82 Å². The normalized spacial score (nSPS) is 10.8. The molecule has 0 aliphatic rings. The molecule has 0 aliphatic heterocycles. The fourth-order valence-corrected chi connectivity index (χ4v) is 2.48. The van der Waals surface area contributed by atoms with E-state index in [0.29, 0.717) is 5.82 Å². The van der Waals surface area contributed by atoms with E-state index in [1.54, 1.807) is 0 Å². The number of nitrogens with one attached hydrogen (secondary N) is 1. The summed E-state index contributed by atoms with van der Waals surface area (Å²) in [7, 11) is 0. The molecule has 3 N–H and O–H groups in total. The second kappa shape index (κ2) is 5.01. The molecule has 21 heavy (non-hydrogen) atoms. The highest BCUT2D eigenvalue weighted by atomic mass is 15.2. The van der Waals surface area contributed by atoms with Crippen molar-refractivity contribution in [2.24, 2.45) is 0 Å². The van der Waals surface area contributed by atoms with E-state index in [4.69, 9.17) is 5.73 Å². The number of aromatic amines is 1. The van der Waals surface area contributed by atoms with Crippen LogP contribution in [0.3, 0.4) is 0 Å². The van der Waals surface area contributed by atoms with E-state index >= 15 is 0 Å². The summed E-state index contributed by atoms with van der Waals surface area (Å²) < 4.78 is 0. The first-order chi connectivity index (χ1) is 10.1. The van der Waals surface area contributed by atoms with Crippen molar-refractivity contribution in [1.29, 1.82) is 0 Å². The van der Waals surface area contributed by atoms with Gasteiger partial charge in [0.05, 0.1) is 22.6 Å². The maximum absolute atomic E-state index is 6.09. The van der Waals surface area contributed by atoms with Gasteiger partial charge in [-0.2, -0.15) is 15.3 Å². The van der Waals surface area contributed by atoms with Crippen LogP contribution in [0.1, 0.15) is 17.0 Å². The van der Waals surface area contributed by atoms with Crippen LogP contribution in [-0.2, 0) is 0 Å². The lowest BCUT2D eigenvalue weighted by atomic mass is 9.97. The molecule has 0 fully saturated rings. The number of hydrogen-bond acceptors (Lipinski definition) is 4. The van der Waals surface area contributed by atoms with Crippen LogP contribution in [0.5, 0.6) is 0 Å². The Morgan fingerprint density at radius 1 is 1.00 bits per heavy atom. The first-order valence-corrected chi connectivity index (χ1v) is 6.79. The smallest absolute Gasteiger partial charge is 0.153 e. The lowest BCUT2D eigenvalue weighted by Crippen LogP contribution is -1.96. The van der Waals surface area contributed by atoms with E-state index in [2.05, 4.69) is 39.5 Å². The Labute approximate surface area is 123 Å². The van der Waals surface area contributed by atoms with Gasteiger partial charge in [-0.05, 0) is 38.0 Å². The van der Waals surface area contributed by atoms with Crippen LogP contribution in [0.25, 0.3) is 22.4 Å². The third kappa shape index (κ3) is 2.27. The molecule has 0 radical (unpaired) electrons. The molecule has 0 atom stereocenters. The molecule has 3 rings (SSSR count). The van der Waals surface area contributed by atoms with Gasteiger partial charge in [0.25, 0.3) is 0 Å². The number of aryl methyl sites for hydroxylation is 3. The van der Waals surface area contributed by atoms with E-state index in [-0.39, 0.29) is 0 Å². The monoisotopic (exact) mass is 279 g/mol. The topological polar surface area (TPSA) is 80.5 Å². The quantitative estimate of drug-likeness (QED) is 0.755. The zero-order valence-electron chi connectivity index (χ0n) is 12.3. The lowest BCUT2D eigenvalue weighted by molar-refractivity contribution is 0.940. The summed E-state index contributed by atoms with van der Waals surface area (Å²) in [6.07, 6.45) is 0. The van der Waals surface area contributed by atoms with Crippen molar-refractivity contribution in [2.45, 2.75) is 20.8 Å². The molecular weight excluding hydrogens is 262 g/mol. The maximum Gasteiger partial charge on any atom is 0.153 e. The molecule has 3 aromatic rings. The lowest BCUT2D eigenvalue weighted by Gasteiger charge is -2.09. The Kier molecular flexibility index (Phi) is 3.17. The van der Waals surface area contributed by atoms with Gasteiger partial charge >= 0.3 is 0 Å². The Bertz CT molecular complexity index is 804. The number of aromatic nitrogens is 4.